The highest BCUT2D eigenvalue weighted by atomic mass is 32.1. The van der Waals surface area contributed by atoms with E-state index in [1.807, 2.05) is 11.3 Å². The van der Waals surface area contributed by atoms with Gasteiger partial charge < -0.3 is 9.64 Å². The molecule has 2 saturated heterocycles. The van der Waals surface area contributed by atoms with Crippen molar-refractivity contribution in [3.8, 4) is 0 Å². The van der Waals surface area contributed by atoms with Gasteiger partial charge >= 0.3 is 0 Å². The lowest BCUT2D eigenvalue weighted by Gasteiger charge is -2.59. The van der Waals surface area contributed by atoms with Crippen LogP contribution in [0.15, 0.2) is 36.4 Å². The summed E-state index contributed by atoms with van der Waals surface area (Å²) >= 11 is 1.83. The fourth-order valence-electron chi connectivity index (χ4n) is 4.31. The van der Waals surface area contributed by atoms with Crippen molar-refractivity contribution in [1.29, 1.82) is 0 Å². The maximum absolute atomic E-state index is 13.7. The third kappa shape index (κ3) is 2.86. The number of thiophene rings is 1. The summed E-state index contributed by atoms with van der Waals surface area (Å²) in [5, 5.41) is 0. The van der Waals surface area contributed by atoms with Crippen molar-refractivity contribution in [2.45, 2.75) is 38.0 Å². The van der Waals surface area contributed by atoms with E-state index in [1.165, 1.54) is 21.9 Å². The lowest BCUT2D eigenvalue weighted by atomic mass is 9.72. The number of nitrogens with zero attached hydrogens (tertiary/aromatic N) is 2. The molecule has 1 spiro atoms. The van der Waals surface area contributed by atoms with Crippen LogP contribution in [-0.2, 0) is 16.1 Å². The molecule has 1 amide bonds. The fourth-order valence-corrected chi connectivity index (χ4v) is 5.24. The van der Waals surface area contributed by atoms with Gasteiger partial charge in [-0.2, -0.15) is 0 Å². The number of rotatable bonds is 4. The second kappa shape index (κ2) is 6.76. The topological polar surface area (TPSA) is 32.8 Å². The number of hydrogen-bond acceptors (Lipinski definition) is 4. The van der Waals surface area contributed by atoms with Gasteiger partial charge in [0.2, 0.25) is 0 Å². The van der Waals surface area contributed by atoms with Crippen LogP contribution in [0, 0.1) is 12.7 Å². The number of carbonyl (C=O) groups excluding carboxylic acids is 1. The number of ether oxygens (including phenoxy) is 1. The van der Waals surface area contributed by atoms with Gasteiger partial charge in [-0.25, -0.2) is 4.39 Å². The third-order valence-corrected chi connectivity index (χ3v) is 6.56. The van der Waals surface area contributed by atoms with Crippen LogP contribution in [0.3, 0.4) is 0 Å². The second-order valence-electron chi connectivity index (χ2n) is 7.16. The molecule has 1 aromatic heterocycles. The predicted molar refractivity (Wildman–Crippen MR) is 101 cm³/mol. The molecule has 2 aliphatic rings. The van der Waals surface area contributed by atoms with Crippen molar-refractivity contribution in [2.24, 2.45) is 0 Å². The van der Waals surface area contributed by atoms with Crippen LogP contribution in [0.1, 0.15) is 22.6 Å². The number of hydrogen-bond donors (Lipinski definition) is 0. The normalized spacial score (nSPS) is 22.7. The van der Waals surface area contributed by atoms with Crippen LogP contribution in [0.5, 0.6) is 0 Å². The molecule has 1 aromatic carbocycles. The smallest absolute Gasteiger partial charge is 0.259 e. The van der Waals surface area contributed by atoms with Gasteiger partial charge in [0.15, 0.2) is 6.10 Å². The van der Waals surface area contributed by atoms with Crippen molar-refractivity contribution >= 4 is 22.9 Å². The first-order valence-electron chi connectivity index (χ1n) is 8.93. The Balaban J connectivity index is 1.51. The number of methoxy groups -OCH3 is 1. The van der Waals surface area contributed by atoms with E-state index in [1.54, 1.807) is 24.1 Å². The molecule has 4 nitrogen and oxygen atoms in total. The van der Waals surface area contributed by atoms with Gasteiger partial charge in [0, 0.05) is 42.2 Å². The number of benzene rings is 1. The average Bonchev–Trinajstić information content (AvgIpc) is 3.02. The Morgan fingerprint density at radius 1 is 1.27 bits per heavy atom. The summed E-state index contributed by atoms with van der Waals surface area (Å²) in [6.07, 6.45) is 1.23. The van der Waals surface area contributed by atoms with Crippen molar-refractivity contribution in [1.82, 2.24) is 4.90 Å². The maximum atomic E-state index is 13.7. The standard InChI is InChI=1S/C20H23FN2O2S/c1-14-6-7-17(26-14)13-22-10-8-20(9-11-22)18(25-2)19(24)23(20)16-5-3-4-15(21)12-16/h3-7,12,18H,8-11,13H2,1-2H3. The van der Waals surface area contributed by atoms with Gasteiger partial charge in [0.05, 0.1) is 5.54 Å². The molecule has 0 bridgehead atoms. The second-order valence-corrected chi connectivity index (χ2v) is 8.53. The largest absolute Gasteiger partial charge is 0.369 e. The molecule has 0 aliphatic carbocycles. The first kappa shape index (κ1) is 17.6. The lowest BCUT2D eigenvalue weighted by Crippen LogP contribution is -2.77. The number of aryl methyl sites for hydroxylation is 1. The van der Waals surface area contributed by atoms with Crippen LogP contribution in [-0.4, -0.2) is 42.6 Å². The minimum Gasteiger partial charge on any atom is -0.369 e. The SMILES string of the molecule is COC1C(=O)N(c2cccc(F)c2)C12CCN(Cc1ccc(C)s1)CC2. The van der Waals surface area contributed by atoms with E-state index in [-0.39, 0.29) is 17.3 Å². The molecule has 2 aromatic rings. The van der Waals surface area contributed by atoms with E-state index in [0.29, 0.717) is 5.69 Å². The van der Waals surface area contributed by atoms with Crippen LogP contribution in [0.2, 0.25) is 0 Å². The molecule has 26 heavy (non-hydrogen) atoms. The van der Waals surface area contributed by atoms with E-state index >= 15 is 0 Å². The predicted octanol–water partition coefficient (Wildman–Crippen LogP) is 3.59. The molecule has 0 saturated carbocycles. The highest BCUT2D eigenvalue weighted by molar-refractivity contribution is 7.11. The average molecular weight is 374 g/mol. The minimum absolute atomic E-state index is 0.0690. The molecule has 6 heteroatoms. The molecular weight excluding hydrogens is 351 g/mol. The van der Waals surface area contributed by atoms with E-state index in [2.05, 4.69) is 24.0 Å². The number of anilines is 1. The summed E-state index contributed by atoms with van der Waals surface area (Å²) in [6.45, 7) is 4.87. The number of carbonyl (C=O) groups is 1. The van der Waals surface area contributed by atoms with Crippen molar-refractivity contribution in [3.63, 3.8) is 0 Å². The first-order valence-corrected chi connectivity index (χ1v) is 9.75. The fraction of sp³-hybridized carbons (Fsp3) is 0.450. The van der Waals surface area contributed by atoms with Crippen LogP contribution in [0.25, 0.3) is 0 Å². The zero-order valence-corrected chi connectivity index (χ0v) is 15.9. The Morgan fingerprint density at radius 2 is 2.04 bits per heavy atom. The van der Waals surface area contributed by atoms with E-state index in [4.69, 9.17) is 4.74 Å². The summed E-state index contributed by atoms with van der Waals surface area (Å²) < 4.78 is 19.2. The van der Waals surface area contributed by atoms with Gasteiger partial charge in [-0.3, -0.25) is 9.69 Å². The molecule has 1 atom stereocenters. The zero-order chi connectivity index (χ0) is 18.3. The van der Waals surface area contributed by atoms with Crippen molar-refractivity contribution < 1.29 is 13.9 Å². The van der Waals surface area contributed by atoms with Crippen LogP contribution >= 0.6 is 11.3 Å². The summed E-state index contributed by atoms with van der Waals surface area (Å²) in [5.41, 5.74) is 0.271. The molecule has 0 radical (unpaired) electrons. The van der Waals surface area contributed by atoms with Crippen LogP contribution in [0.4, 0.5) is 10.1 Å². The number of amides is 1. The zero-order valence-electron chi connectivity index (χ0n) is 15.1. The van der Waals surface area contributed by atoms with E-state index in [9.17, 15) is 9.18 Å². The Morgan fingerprint density at radius 3 is 2.65 bits per heavy atom. The van der Waals surface area contributed by atoms with Gasteiger partial charge in [-0.1, -0.05) is 6.07 Å². The number of halogens is 1. The molecule has 4 rings (SSSR count). The Kier molecular flexibility index (Phi) is 4.59. The molecule has 2 fully saturated rings. The van der Waals surface area contributed by atoms with Gasteiger partial charge in [-0.05, 0) is 50.1 Å². The highest BCUT2D eigenvalue weighted by Crippen LogP contribution is 2.45. The molecular formula is C20H23FN2O2S. The molecule has 1 unspecified atom stereocenters. The van der Waals surface area contributed by atoms with Crippen molar-refractivity contribution in [2.75, 3.05) is 25.1 Å². The Hall–Kier alpha value is -1.76. The summed E-state index contributed by atoms with van der Waals surface area (Å²) in [5.74, 6) is -0.391. The maximum Gasteiger partial charge on any atom is 0.259 e. The highest BCUT2D eigenvalue weighted by Gasteiger charge is 2.61. The summed E-state index contributed by atoms with van der Waals surface area (Å²) in [7, 11) is 1.59. The number of β-lactam (4-membered cyclic amide) rings is 1. The molecule has 3 heterocycles. The molecule has 138 valence electrons. The molecule has 0 N–H and O–H groups in total. The Labute approximate surface area is 157 Å². The summed E-state index contributed by atoms with van der Waals surface area (Å²) in [6, 6.07) is 10.6. The van der Waals surface area contributed by atoms with Gasteiger partial charge in [0.1, 0.15) is 5.82 Å². The molecule has 2 aliphatic heterocycles. The quantitative estimate of drug-likeness (QED) is 0.767. The minimum atomic E-state index is -0.433. The van der Waals surface area contributed by atoms with Gasteiger partial charge in [-0.15, -0.1) is 11.3 Å². The number of piperidine rings is 1. The monoisotopic (exact) mass is 374 g/mol. The Bertz CT molecular complexity index is 814. The number of likely N-dealkylation sites (tertiary alicyclic amines) is 1. The van der Waals surface area contributed by atoms with Crippen LogP contribution < -0.4 is 4.90 Å². The lowest BCUT2D eigenvalue weighted by molar-refractivity contribution is -0.151. The van der Waals surface area contributed by atoms with Gasteiger partial charge in [0.25, 0.3) is 5.91 Å². The van der Waals surface area contributed by atoms with Crippen molar-refractivity contribution in [3.05, 3.63) is 52.0 Å². The first-order chi connectivity index (χ1) is 12.5. The summed E-state index contributed by atoms with van der Waals surface area (Å²) in [4.78, 5) is 19.5. The van der Waals surface area contributed by atoms with E-state index in [0.717, 1.165) is 32.5 Å². The van der Waals surface area contributed by atoms with E-state index < -0.39 is 6.10 Å². The third-order valence-electron chi connectivity index (χ3n) is 5.58.